The van der Waals surface area contributed by atoms with Gasteiger partial charge in [0.05, 0.1) is 6.61 Å². The summed E-state index contributed by atoms with van der Waals surface area (Å²) in [6.45, 7) is 6.89. The Morgan fingerprint density at radius 1 is 0.926 bits per heavy atom. The molecule has 2 rings (SSSR count). The maximum atomic E-state index is 6.50. The molecule has 0 fully saturated rings. The predicted molar refractivity (Wildman–Crippen MR) is 115 cm³/mol. The van der Waals surface area contributed by atoms with Crippen LogP contribution in [0.2, 0.25) is 0 Å². The first kappa shape index (κ1) is 21.6. The summed E-state index contributed by atoms with van der Waals surface area (Å²) in [6, 6.07) is 21.4. The van der Waals surface area contributed by atoms with Crippen LogP contribution < -0.4 is 11.1 Å². The van der Waals surface area contributed by atoms with Gasteiger partial charge >= 0.3 is 0 Å². The number of hydrogen-bond donors (Lipinski definition) is 2. The van der Waals surface area contributed by atoms with Gasteiger partial charge in [0, 0.05) is 18.7 Å². The van der Waals surface area contributed by atoms with Crippen molar-refractivity contribution in [2.75, 3.05) is 13.2 Å². The number of rotatable bonds is 13. The molecule has 3 N–H and O–H groups in total. The predicted octanol–water partition coefficient (Wildman–Crippen LogP) is 4.56. The zero-order valence-electron chi connectivity index (χ0n) is 16.9. The van der Waals surface area contributed by atoms with E-state index in [1.54, 1.807) is 0 Å². The number of benzene rings is 2. The third-order valence-electron chi connectivity index (χ3n) is 4.84. The Hall–Kier alpha value is -1.68. The van der Waals surface area contributed by atoms with Gasteiger partial charge in [-0.2, -0.15) is 0 Å². The van der Waals surface area contributed by atoms with Crippen molar-refractivity contribution in [2.24, 2.45) is 11.7 Å². The molecule has 0 aliphatic carbocycles. The highest BCUT2D eigenvalue weighted by Gasteiger charge is 2.18. The zero-order chi connectivity index (χ0) is 19.3. The summed E-state index contributed by atoms with van der Waals surface area (Å²) in [4.78, 5) is 0. The molecule has 0 aromatic heterocycles. The normalized spacial score (nSPS) is 13.6. The molecule has 0 aliphatic rings. The first-order valence-electron chi connectivity index (χ1n) is 10.3. The molecule has 0 saturated heterocycles. The molecule has 0 heterocycles. The minimum Gasteiger partial charge on any atom is -0.377 e. The Kier molecular flexibility index (Phi) is 10.1. The Balaban J connectivity index is 1.67. The van der Waals surface area contributed by atoms with E-state index in [0.29, 0.717) is 25.2 Å². The van der Waals surface area contributed by atoms with Gasteiger partial charge in [0.25, 0.3) is 0 Å². The third kappa shape index (κ3) is 9.18. The van der Waals surface area contributed by atoms with E-state index in [-0.39, 0.29) is 6.04 Å². The van der Waals surface area contributed by atoms with Crippen molar-refractivity contribution in [1.82, 2.24) is 5.32 Å². The number of aryl methyl sites for hydroxylation is 1. The molecule has 0 saturated carbocycles. The standard InChI is InChI=1S/C24H36N2O/c1-20(2)18-24(26-16-9-14-21-10-5-3-6-11-21)23(25)15-17-27-19-22-12-7-4-8-13-22/h3-8,10-13,20,23-24,26H,9,14-19,25H2,1-2H3. The number of hydrogen-bond acceptors (Lipinski definition) is 3. The van der Waals surface area contributed by atoms with Crippen LogP contribution in [0.25, 0.3) is 0 Å². The smallest absolute Gasteiger partial charge is 0.0716 e. The molecule has 27 heavy (non-hydrogen) atoms. The van der Waals surface area contributed by atoms with E-state index in [1.165, 1.54) is 11.1 Å². The van der Waals surface area contributed by atoms with Crippen molar-refractivity contribution < 1.29 is 4.74 Å². The van der Waals surface area contributed by atoms with Crippen LogP contribution in [0.4, 0.5) is 0 Å². The molecule has 3 nitrogen and oxygen atoms in total. The molecule has 2 aromatic rings. The first-order chi connectivity index (χ1) is 13.1. The Labute approximate surface area is 165 Å². The molecule has 0 aliphatic heterocycles. The maximum absolute atomic E-state index is 6.50. The lowest BCUT2D eigenvalue weighted by Crippen LogP contribution is -2.46. The van der Waals surface area contributed by atoms with E-state index in [0.717, 1.165) is 32.2 Å². The van der Waals surface area contributed by atoms with Gasteiger partial charge in [0.2, 0.25) is 0 Å². The van der Waals surface area contributed by atoms with Crippen molar-refractivity contribution in [3.63, 3.8) is 0 Å². The fourth-order valence-corrected chi connectivity index (χ4v) is 3.33. The minimum atomic E-state index is 0.125. The number of ether oxygens (including phenoxy) is 1. The fourth-order valence-electron chi connectivity index (χ4n) is 3.33. The summed E-state index contributed by atoms with van der Waals surface area (Å²) in [5, 5.41) is 3.70. The van der Waals surface area contributed by atoms with Crippen LogP contribution in [-0.4, -0.2) is 25.2 Å². The van der Waals surface area contributed by atoms with Crippen molar-refractivity contribution in [3.05, 3.63) is 71.8 Å². The highest BCUT2D eigenvalue weighted by molar-refractivity contribution is 5.14. The highest BCUT2D eigenvalue weighted by atomic mass is 16.5. The van der Waals surface area contributed by atoms with Crippen LogP contribution in [0.15, 0.2) is 60.7 Å². The lowest BCUT2D eigenvalue weighted by atomic mass is 9.96. The van der Waals surface area contributed by atoms with E-state index in [9.17, 15) is 0 Å². The van der Waals surface area contributed by atoms with E-state index >= 15 is 0 Å². The molecule has 0 spiro atoms. The highest BCUT2D eigenvalue weighted by Crippen LogP contribution is 2.11. The molecule has 3 heteroatoms. The van der Waals surface area contributed by atoms with Gasteiger partial charge in [-0.05, 0) is 49.3 Å². The molecule has 2 aromatic carbocycles. The number of nitrogens with two attached hydrogens (primary N) is 1. The van der Waals surface area contributed by atoms with Gasteiger partial charge in [0.15, 0.2) is 0 Å². The van der Waals surface area contributed by atoms with Crippen LogP contribution in [0.1, 0.15) is 44.2 Å². The van der Waals surface area contributed by atoms with Crippen LogP contribution >= 0.6 is 0 Å². The van der Waals surface area contributed by atoms with E-state index in [4.69, 9.17) is 10.5 Å². The monoisotopic (exact) mass is 368 g/mol. The van der Waals surface area contributed by atoms with Gasteiger partial charge in [-0.3, -0.25) is 0 Å². The summed E-state index contributed by atoms with van der Waals surface area (Å²) in [6.07, 6.45) is 4.23. The van der Waals surface area contributed by atoms with Crippen LogP contribution in [0.3, 0.4) is 0 Å². The lowest BCUT2D eigenvalue weighted by Gasteiger charge is -2.27. The van der Waals surface area contributed by atoms with E-state index in [2.05, 4.69) is 61.6 Å². The average molecular weight is 369 g/mol. The van der Waals surface area contributed by atoms with Gasteiger partial charge in [-0.25, -0.2) is 0 Å². The molecule has 0 amide bonds. The quantitative estimate of drug-likeness (QED) is 0.510. The van der Waals surface area contributed by atoms with E-state index in [1.807, 2.05) is 18.2 Å². The third-order valence-corrected chi connectivity index (χ3v) is 4.84. The second-order valence-corrected chi connectivity index (χ2v) is 7.77. The largest absolute Gasteiger partial charge is 0.377 e. The number of nitrogens with one attached hydrogen (secondary N) is 1. The van der Waals surface area contributed by atoms with Gasteiger partial charge in [0.1, 0.15) is 0 Å². The van der Waals surface area contributed by atoms with Gasteiger partial charge < -0.3 is 15.8 Å². The molecular formula is C24H36N2O. The lowest BCUT2D eigenvalue weighted by molar-refractivity contribution is 0.110. The topological polar surface area (TPSA) is 47.3 Å². The van der Waals surface area contributed by atoms with Gasteiger partial charge in [-0.15, -0.1) is 0 Å². The Morgan fingerprint density at radius 2 is 1.56 bits per heavy atom. The van der Waals surface area contributed by atoms with Crippen molar-refractivity contribution >= 4 is 0 Å². The fraction of sp³-hybridized carbons (Fsp3) is 0.500. The summed E-state index contributed by atoms with van der Waals surface area (Å²) < 4.78 is 5.82. The van der Waals surface area contributed by atoms with Crippen LogP contribution in [-0.2, 0) is 17.8 Å². The van der Waals surface area contributed by atoms with Crippen molar-refractivity contribution in [2.45, 2.75) is 58.2 Å². The maximum Gasteiger partial charge on any atom is 0.0716 e. The molecule has 2 unspecified atom stereocenters. The minimum absolute atomic E-state index is 0.125. The van der Waals surface area contributed by atoms with Gasteiger partial charge in [-0.1, -0.05) is 74.5 Å². The average Bonchev–Trinajstić information content (AvgIpc) is 2.69. The Bertz CT molecular complexity index is 600. The molecule has 0 radical (unpaired) electrons. The molecular weight excluding hydrogens is 332 g/mol. The summed E-state index contributed by atoms with van der Waals surface area (Å²) in [7, 11) is 0. The Morgan fingerprint density at radius 3 is 2.19 bits per heavy atom. The summed E-state index contributed by atoms with van der Waals surface area (Å²) >= 11 is 0. The van der Waals surface area contributed by atoms with Crippen molar-refractivity contribution in [1.29, 1.82) is 0 Å². The second-order valence-electron chi connectivity index (χ2n) is 7.77. The molecule has 2 atom stereocenters. The molecule has 0 bridgehead atoms. The van der Waals surface area contributed by atoms with E-state index < -0.39 is 0 Å². The van der Waals surface area contributed by atoms with Crippen LogP contribution in [0.5, 0.6) is 0 Å². The SMILES string of the molecule is CC(C)CC(NCCCc1ccccc1)C(N)CCOCc1ccccc1. The first-order valence-corrected chi connectivity index (χ1v) is 10.3. The molecule has 148 valence electrons. The second kappa shape index (κ2) is 12.7. The van der Waals surface area contributed by atoms with Crippen molar-refractivity contribution in [3.8, 4) is 0 Å². The zero-order valence-corrected chi connectivity index (χ0v) is 16.9. The summed E-state index contributed by atoms with van der Waals surface area (Å²) in [5.41, 5.74) is 9.11. The summed E-state index contributed by atoms with van der Waals surface area (Å²) in [5.74, 6) is 0.632. The van der Waals surface area contributed by atoms with Crippen LogP contribution in [0, 0.1) is 5.92 Å².